The topological polar surface area (TPSA) is 42.2 Å². The van der Waals surface area contributed by atoms with Gasteiger partial charge < -0.3 is 9.67 Å². The minimum absolute atomic E-state index is 0.286. The van der Waals surface area contributed by atoms with Crippen LogP contribution in [0.3, 0.4) is 0 Å². The quantitative estimate of drug-likeness (QED) is 0.837. The predicted octanol–water partition coefficient (Wildman–Crippen LogP) is 2.79. The van der Waals surface area contributed by atoms with E-state index in [1.54, 1.807) is 22.9 Å². The minimum Gasteiger partial charge on any atom is -0.477 e. The number of carbonyl (C=O) groups is 1. The standard InChI is InChI=1S/C13H13NO2/c1-9-5-3-6-11(10(9)2)14-8-4-7-12(14)13(15)16/h3-8H,1-2H3,(H,15,16). The normalized spacial score (nSPS) is 10.4. The van der Waals surface area contributed by atoms with Crippen molar-refractivity contribution in [3.63, 3.8) is 0 Å². The molecule has 3 nitrogen and oxygen atoms in total. The molecule has 0 aliphatic heterocycles. The van der Waals surface area contributed by atoms with Crippen LogP contribution in [0.5, 0.6) is 0 Å². The highest BCUT2D eigenvalue weighted by molar-refractivity contribution is 5.86. The maximum atomic E-state index is 11.0. The van der Waals surface area contributed by atoms with Crippen molar-refractivity contribution < 1.29 is 9.90 Å². The van der Waals surface area contributed by atoms with Crippen LogP contribution >= 0.6 is 0 Å². The molecular weight excluding hydrogens is 202 g/mol. The van der Waals surface area contributed by atoms with Gasteiger partial charge in [0.25, 0.3) is 0 Å². The summed E-state index contributed by atoms with van der Waals surface area (Å²) in [6.07, 6.45) is 1.77. The molecule has 0 atom stereocenters. The second-order valence-electron chi connectivity index (χ2n) is 3.79. The smallest absolute Gasteiger partial charge is 0.352 e. The molecule has 0 aliphatic carbocycles. The molecule has 16 heavy (non-hydrogen) atoms. The molecule has 2 rings (SSSR count). The fraction of sp³-hybridized carbons (Fsp3) is 0.154. The summed E-state index contributed by atoms with van der Waals surface area (Å²) in [5, 5.41) is 9.06. The summed E-state index contributed by atoms with van der Waals surface area (Å²) >= 11 is 0. The van der Waals surface area contributed by atoms with Crippen molar-refractivity contribution in [1.82, 2.24) is 4.57 Å². The van der Waals surface area contributed by atoms with E-state index in [-0.39, 0.29) is 5.69 Å². The molecule has 0 radical (unpaired) electrons. The summed E-state index contributed by atoms with van der Waals surface area (Å²) < 4.78 is 1.70. The van der Waals surface area contributed by atoms with Gasteiger partial charge in [-0.25, -0.2) is 4.79 Å². The first kappa shape index (κ1) is 10.5. The Bertz CT molecular complexity index is 541. The SMILES string of the molecule is Cc1cccc(-n2cccc2C(=O)O)c1C. The summed E-state index contributed by atoms with van der Waals surface area (Å²) in [5.41, 5.74) is 3.46. The summed E-state index contributed by atoms with van der Waals surface area (Å²) in [5.74, 6) is -0.911. The van der Waals surface area contributed by atoms with Crippen LogP contribution in [-0.4, -0.2) is 15.6 Å². The van der Waals surface area contributed by atoms with Crippen LogP contribution in [0.1, 0.15) is 21.6 Å². The average Bonchev–Trinajstić information content (AvgIpc) is 2.70. The first-order chi connectivity index (χ1) is 7.61. The molecule has 0 aliphatic rings. The van der Waals surface area contributed by atoms with Gasteiger partial charge in [0.1, 0.15) is 5.69 Å². The van der Waals surface area contributed by atoms with Gasteiger partial charge in [-0.1, -0.05) is 12.1 Å². The van der Waals surface area contributed by atoms with Gasteiger partial charge >= 0.3 is 5.97 Å². The molecule has 0 spiro atoms. The van der Waals surface area contributed by atoms with E-state index in [9.17, 15) is 4.79 Å². The van der Waals surface area contributed by atoms with Crippen molar-refractivity contribution in [1.29, 1.82) is 0 Å². The molecule has 0 saturated carbocycles. The molecule has 1 aromatic heterocycles. The third kappa shape index (κ3) is 1.60. The van der Waals surface area contributed by atoms with Crippen LogP contribution < -0.4 is 0 Å². The Balaban J connectivity index is 2.63. The summed E-state index contributed by atoms with van der Waals surface area (Å²) in [7, 11) is 0. The number of rotatable bonds is 2. The lowest BCUT2D eigenvalue weighted by molar-refractivity contribution is 0.0688. The van der Waals surface area contributed by atoms with Crippen LogP contribution in [-0.2, 0) is 0 Å². The number of aryl methyl sites for hydroxylation is 1. The lowest BCUT2D eigenvalue weighted by Crippen LogP contribution is -2.07. The van der Waals surface area contributed by atoms with Gasteiger partial charge in [0.15, 0.2) is 0 Å². The van der Waals surface area contributed by atoms with E-state index in [0.717, 1.165) is 16.8 Å². The Labute approximate surface area is 94.0 Å². The van der Waals surface area contributed by atoms with E-state index >= 15 is 0 Å². The molecule has 0 bridgehead atoms. The Morgan fingerprint density at radius 3 is 2.62 bits per heavy atom. The fourth-order valence-electron chi connectivity index (χ4n) is 1.76. The molecule has 1 aromatic carbocycles. The maximum absolute atomic E-state index is 11.0. The molecule has 1 heterocycles. The molecule has 3 heteroatoms. The summed E-state index contributed by atoms with van der Waals surface area (Å²) in [4.78, 5) is 11.0. The number of carboxylic acids is 1. The molecule has 1 N–H and O–H groups in total. The van der Waals surface area contributed by atoms with Crippen molar-refractivity contribution in [3.8, 4) is 5.69 Å². The zero-order chi connectivity index (χ0) is 11.7. The van der Waals surface area contributed by atoms with E-state index in [2.05, 4.69) is 0 Å². The Morgan fingerprint density at radius 2 is 1.94 bits per heavy atom. The molecule has 0 saturated heterocycles. The van der Waals surface area contributed by atoms with Crippen LogP contribution in [0.2, 0.25) is 0 Å². The summed E-state index contributed by atoms with van der Waals surface area (Å²) in [6.45, 7) is 4.01. The number of hydrogen-bond acceptors (Lipinski definition) is 1. The molecule has 0 amide bonds. The zero-order valence-corrected chi connectivity index (χ0v) is 9.27. The van der Waals surface area contributed by atoms with Gasteiger partial charge in [0.2, 0.25) is 0 Å². The maximum Gasteiger partial charge on any atom is 0.352 e. The highest BCUT2D eigenvalue weighted by atomic mass is 16.4. The third-order valence-corrected chi connectivity index (χ3v) is 2.80. The van der Waals surface area contributed by atoms with E-state index in [4.69, 9.17) is 5.11 Å². The number of aromatic nitrogens is 1. The lowest BCUT2D eigenvalue weighted by atomic mass is 10.1. The Kier molecular flexibility index (Phi) is 2.52. The van der Waals surface area contributed by atoms with Gasteiger partial charge in [-0.15, -0.1) is 0 Å². The van der Waals surface area contributed by atoms with Gasteiger partial charge in [-0.2, -0.15) is 0 Å². The van der Waals surface area contributed by atoms with E-state index in [0.29, 0.717) is 0 Å². The van der Waals surface area contributed by atoms with Crippen molar-refractivity contribution in [2.24, 2.45) is 0 Å². The average molecular weight is 215 g/mol. The monoisotopic (exact) mass is 215 g/mol. The highest BCUT2D eigenvalue weighted by Gasteiger charge is 2.11. The van der Waals surface area contributed by atoms with Crippen molar-refractivity contribution in [2.75, 3.05) is 0 Å². The number of carboxylic acid groups (broad SMARTS) is 1. The van der Waals surface area contributed by atoms with E-state index in [1.165, 1.54) is 0 Å². The van der Waals surface area contributed by atoms with E-state index in [1.807, 2.05) is 32.0 Å². The molecule has 82 valence electrons. The zero-order valence-electron chi connectivity index (χ0n) is 9.27. The molecular formula is C13H13NO2. The highest BCUT2D eigenvalue weighted by Crippen LogP contribution is 2.19. The lowest BCUT2D eigenvalue weighted by Gasteiger charge is -2.11. The van der Waals surface area contributed by atoms with Crippen LogP contribution in [0, 0.1) is 13.8 Å². The second-order valence-corrected chi connectivity index (χ2v) is 3.79. The van der Waals surface area contributed by atoms with Crippen LogP contribution in [0.25, 0.3) is 5.69 Å². The van der Waals surface area contributed by atoms with Gasteiger partial charge in [-0.05, 0) is 43.2 Å². The van der Waals surface area contributed by atoms with Crippen molar-refractivity contribution in [2.45, 2.75) is 13.8 Å². The number of benzene rings is 1. The molecule has 2 aromatic rings. The van der Waals surface area contributed by atoms with Gasteiger partial charge in [0, 0.05) is 11.9 Å². The number of aromatic carboxylic acids is 1. The van der Waals surface area contributed by atoms with Gasteiger partial charge in [-0.3, -0.25) is 0 Å². The number of hydrogen-bond donors (Lipinski definition) is 1. The van der Waals surface area contributed by atoms with Crippen LogP contribution in [0.15, 0.2) is 36.5 Å². The molecule has 0 unspecified atom stereocenters. The molecule has 0 fully saturated rings. The minimum atomic E-state index is -0.911. The van der Waals surface area contributed by atoms with Crippen LogP contribution in [0.4, 0.5) is 0 Å². The van der Waals surface area contributed by atoms with E-state index < -0.39 is 5.97 Å². The first-order valence-corrected chi connectivity index (χ1v) is 5.08. The second kappa shape index (κ2) is 3.85. The Morgan fingerprint density at radius 1 is 1.19 bits per heavy atom. The summed E-state index contributed by atoms with van der Waals surface area (Å²) in [6, 6.07) is 9.22. The third-order valence-electron chi connectivity index (χ3n) is 2.80. The largest absolute Gasteiger partial charge is 0.477 e. The van der Waals surface area contributed by atoms with Crippen molar-refractivity contribution in [3.05, 3.63) is 53.3 Å². The fourth-order valence-corrected chi connectivity index (χ4v) is 1.76. The predicted molar refractivity (Wildman–Crippen MR) is 62.2 cm³/mol. The number of nitrogens with zero attached hydrogens (tertiary/aromatic N) is 1. The Hall–Kier alpha value is -2.03. The van der Waals surface area contributed by atoms with Crippen molar-refractivity contribution >= 4 is 5.97 Å². The van der Waals surface area contributed by atoms with Gasteiger partial charge in [0.05, 0.1) is 0 Å². The first-order valence-electron chi connectivity index (χ1n) is 5.08.